The van der Waals surface area contributed by atoms with Crippen LogP contribution in [-0.2, 0) is 9.59 Å². The molecule has 33 heavy (non-hydrogen) atoms. The molecule has 0 bridgehead atoms. The Balaban J connectivity index is 1.55. The van der Waals surface area contributed by atoms with E-state index < -0.39 is 23.1 Å². The topological polar surface area (TPSA) is 80.3 Å². The van der Waals surface area contributed by atoms with Crippen molar-refractivity contribution in [3.05, 3.63) is 60.2 Å². The number of aromatic nitrogens is 1. The quantitative estimate of drug-likeness (QED) is 0.454. The number of nitrogens with one attached hydrogen (secondary N) is 2. The van der Waals surface area contributed by atoms with Crippen molar-refractivity contribution in [2.45, 2.75) is 38.6 Å². The molecule has 0 unspecified atom stereocenters. The molecule has 3 aromatic rings. The van der Waals surface area contributed by atoms with Crippen LogP contribution < -0.4 is 15.4 Å². The highest BCUT2D eigenvalue weighted by Crippen LogP contribution is 2.41. The summed E-state index contributed by atoms with van der Waals surface area (Å²) in [5, 5.41) is 6.10. The second-order valence-electron chi connectivity index (χ2n) is 8.49. The summed E-state index contributed by atoms with van der Waals surface area (Å²) in [5.41, 5.74) is -0.163. The molecule has 9 heteroatoms. The highest BCUT2D eigenvalue weighted by Gasteiger charge is 2.33. The molecule has 1 aliphatic rings. The number of hydrogen-bond donors (Lipinski definition) is 2. The van der Waals surface area contributed by atoms with Crippen LogP contribution in [0.3, 0.4) is 0 Å². The molecule has 2 aromatic carbocycles. The van der Waals surface area contributed by atoms with Gasteiger partial charge in [0.15, 0.2) is 5.13 Å². The van der Waals surface area contributed by atoms with Crippen molar-refractivity contribution in [2.75, 3.05) is 5.32 Å². The fourth-order valence-electron chi connectivity index (χ4n) is 3.12. The predicted molar refractivity (Wildman–Crippen MR) is 122 cm³/mol. The molecule has 0 radical (unpaired) electrons. The lowest BCUT2D eigenvalue weighted by molar-refractivity contribution is -0.129. The third kappa shape index (κ3) is 5.92. The summed E-state index contributed by atoms with van der Waals surface area (Å²) in [4.78, 5) is 29.5. The molecule has 1 fully saturated rings. The number of ether oxygens (including phenoxy) is 1. The van der Waals surface area contributed by atoms with E-state index in [0.717, 1.165) is 24.2 Å². The predicted octanol–water partition coefficient (Wildman–Crippen LogP) is 5.51. The van der Waals surface area contributed by atoms with Gasteiger partial charge in [0.05, 0.1) is 0 Å². The maximum atomic E-state index is 13.4. The number of carbonyl (C=O) groups is 2. The molecule has 2 N–H and O–H groups in total. The van der Waals surface area contributed by atoms with Gasteiger partial charge in [-0.25, -0.2) is 13.8 Å². The lowest BCUT2D eigenvalue weighted by Crippen LogP contribution is -2.52. The minimum Gasteiger partial charge on any atom is -0.444 e. The highest BCUT2D eigenvalue weighted by atomic mass is 32.1. The Morgan fingerprint density at radius 2 is 1.67 bits per heavy atom. The molecule has 1 saturated carbocycles. The summed E-state index contributed by atoms with van der Waals surface area (Å²) in [6.07, 6.45) is 2.50. The maximum absolute atomic E-state index is 13.4. The van der Waals surface area contributed by atoms with Gasteiger partial charge in [0, 0.05) is 12.0 Å². The van der Waals surface area contributed by atoms with E-state index in [1.807, 2.05) is 0 Å². The lowest BCUT2D eigenvalue weighted by Gasteiger charge is -2.24. The van der Waals surface area contributed by atoms with E-state index in [-0.39, 0.29) is 11.0 Å². The Bertz CT molecular complexity index is 1160. The molecular weight excluding hydrogens is 448 g/mol. The number of anilines is 1. The van der Waals surface area contributed by atoms with Crippen molar-refractivity contribution in [3.63, 3.8) is 0 Å². The van der Waals surface area contributed by atoms with Crippen LogP contribution in [0.1, 0.15) is 33.1 Å². The van der Waals surface area contributed by atoms with Gasteiger partial charge in [0.2, 0.25) is 11.0 Å². The molecule has 0 aliphatic heterocycles. The fraction of sp³-hybridized carbons (Fsp3) is 0.292. The average molecular weight is 472 g/mol. The van der Waals surface area contributed by atoms with E-state index in [2.05, 4.69) is 15.6 Å². The minimum absolute atomic E-state index is 0.163. The van der Waals surface area contributed by atoms with E-state index in [1.165, 1.54) is 36.4 Å². The maximum Gasteiger partial charge on any atom is 0.251 e. The first-order valence-corrected chi connectivity index (χ1v) is 11.3. The first kappa shape index (κ1) is 22.8. The second-order valence-corrected chi connectivity index (χ2v) is 9.45. The minimum atomic E-state index is -1.15. The zero-order valence-corrected chi connectivity index (χ0v) is 19.0. The van der Waals surface area contributed by atoms with Crippen LogP contribution in [0.25, 0.3) is 11.3 Å². The van der Waals surface area contributed by atoms with E-state index in [4.69, 9.17) is 4.74 Å². The van der Waals surface area contributed by atoms with Crippen molar-refractivity contribution in [2.24, 2.45) is 5.92 Å². The number of benzene rings is 2. The zero-order valence-electron chi connectivity index (χ0n) is 18.2. The van der Waals surface area contributed by atoms with Crippen LogP contribution in [0.2, 0.25) is 0 Å². The summed E-state index contributed by atoms with van der Waals surface area (Å²) >= 11 is 1.08. The molecule has 0 spiro atoms. The Morgan fingerprint density at radius 1 is 1.06 bits per heavy atom. The van der Waals surface area contributed by atoms with Crippen LogP contribution in [0.15, 0.2) is 48.5 Å². The van der Waals surface area contributed by atoms with Crippen LogP contribution in [0.4, 0.5) is 13.9 Å². The fourth-order valence-corrected chi connectivity index (χ4v) is 3.98. The molecule has 0 saturated heterocycles. The molecule has 1 heterocycles. The third-order valence-electron chi connectivity index (χ3n) is 5.15. The Hall–Kier alpha value is -3.33. The van der Waals surface area contributed by atoms with Gasteiger partial charge < -0.3 is 10.1 Å². The van der Waals surface area contributed by atoms with Gasteiger partial charge in [0.1, 0.15) is 28.6 Å². The van der Waals surface area contributed by atoms with Crippen molar-refractivity contribution in [1.82, 2.24) is 10.3 Å². The largest absolute Gasteiger partial charge is 0.444 e. The molecule has 6 nitrogen and oxygen atoms in total. The first-order chi connectivity index (χ1) is 15.7. The Labute approximate surface area is 194 Å². The number of thiazole rings is 1. The van der Waals surface area contributed by atoms with E-state index in [0.29, 0.717) is 34.4 Å². The summed E-state index contributed by atoms with van der Waals surface area (Å²) < 4.78 is 32.5. The standard InChI is InChI=1S/C24H23F2N3O3S/c1-24(2,29-19(30)13-14-3-4-14)22(31)28-23-27-20(15-5-7-16(25)8-6-15)21(33-23)32-18-11-9-17(26)10-12-18/h5-12,14H,3-4,13H2,1-2H3,(H,29,30)(H,27,28,31). The van der Waals surface area contributed by atoms with Gasteiger partial charge in [-0.05, 0) is 81.1 Å². The molecule has 1 aromatic heterocycles. The van der Waals surface area contributed by atoms with Gasteiger partial charge in [0.25, 0.3) is 5.91 Å². The number of amides is 2. The lowest BCUT2D eigenvalue weighted by atomic mass is 10.0. The molecule has 4 rings (SSSR count). The summed E-state index contributed by atoms with van der Waals surface area (Å²) in [7, 11) is 0. The first-order valence-electron chi connectivity index (χ1n) is 10.5. The van der Waals surface area contributed by atoms with Crippen molar-refractivity contribution < 1.29 is 23.1 Å². The van der Waals surface area contributed by atoms with Crippen LogP contribution in [-0.4, -0.2) is 22.3 Å². The van der Waals surface area contributed by atoms with Gasteiger partial charge in [-0.1, -0.05) is 11.3 Å². The third-order valence-corrected chi connectivity index (χ3v) is 6.00. The van der Waals surface area contributed by atoms with Gasteiger partial charge >= 0.3 is 0 Å². The number of halogens is 2. The van der Waals surface area contributed by atoms with Crippen LogP contribution >= 0.6 is 11.3 Å². The molecule has 172 valence electrons. The monoisotopic (exact) mass is 471 g/mol. The summed E-state index contributed by atoms with van der Waals surface area (Å²) in [6.45, 7) is 3.25. The van der Waals surface area contributed by atoms with E-state index in [1.54, 1.807) is 26.0 Å². The normalized spacial score (nSPS) is 13.5. The Kier molecular flexibility index (Phi) is 6.42. The molecule has 2 amide bonds. The van der Waals surface area contributed by atoms with Crippen LogP contribution in [0.5, 0.6) is 10.8 Å². The Morgan fingerprint density at radius 3 is 2.27 bits per heavy atom. The van der Waals surface area contributed by atoms with Crippen molar-refractivity contribution >= 4 is 28.3 Å². The van der Waals surface area contributed by atoms with Gasteiger partial charge in [-0.2, -0.15) is 0 Å². The highest BCUT2D eigenvalue weighted by molar-refractivity contribution is 7.18. The SMILES string of the molecule is CC(C)(NC(=O)CC1CC1)C(=O)Nc1nc(-c2ccc(F)cc2)c(Oc2ccc(F)cc2)s1. The molecule has 0 atom stereocenters. The molecule has 1 aliphatic carbocycles. The van der Waals surface area contributed by atoms with Gasteiger partial charge in [-0.15, -0.1) is 0 Å². The smallest absolute Gasteiger partial charge is 0.251 e. The number of rotatable bonds is 8. The average Bonchev–Trinajstić information content (AvgIpc) is 3.48. The number of nitrogens with zero attached hydrogens (tertiary/aromatic N) is 1. The zero-order chi connectivity index (χ0) is 23.6. The summed E-state index contributed by atoms with van der Waals surface area (Å²) in [6, 6.07) is 11.2. The van der Waals surface area contributed by atoms with Crippen molar-refractivity contribution in [1.29, 1.82) is 0 Å². The number of hydrogen-bond acceptors (Lipinski definition) is 5. The summed E-state index contributed by atoms with van der Waals surface area (Å²) in [5.74, 6) is -0.596. The van der Waals surface area contributed by atoms with E-state index >= 15 is 0 Å². The van der Waals surface area contributed by atoms with Crippen LogP contribution in [0, 0.1) is 17.6 Å². The van der Waals surface area contributed by atoms with E-state index in [9.17, 15) is 18.4 Å². The number of carbonyl (C=O) groups excluding carboxylic acids is 2. The van der Waals surface area contributed by atoms with Gasteiger partial charge in [-0.3, -0.25) is 14.9 Å². The molecular formula is C24H23F2N3O3S. The second kappa shape index (κ2) is 9.27. The van der Waals surface area contributed by atoms with Crippen molar-refractivity contribution in [3.8, 4) is 22.1 Å².